The number of nitrogens with one attached hydrogen (secondary N) is 1. The standard InChI is InChI=1S/C18H21ClN2O4S/c1-4-25-17-10-9-15(11-16(17)19)26(23,24)21(3)12-18(22)20-14-7-5-13(2)6-8-14/h5-11H,4,12H2,1-3H3,(H,20,22). The Morgan fingerprint density at radius 1 is 1.19 bits per heavy atom. The van der Waals surface area contributed by atoms with Crippen molar-refractivity contribution in [2.45, 2.75) is 18.7 Å². The third-order valence-corrected chi connectivity index (χ3v) is 5.71. The van der Waals surface area contributed by atoms with Gasteiger partial charge >= 0.3 is 0 Å². The van der Waals surface area contributed by atoms with Gasteiger partial charge in [0.15, 0.2) is 0 Å². The molecule has 0 aliphatic rings. The summed E-state index contributed by atoms with van der Waals surface area (Å²) in [5, 5.41) is 2.87. The zero-order valence-corrected chi connectivity index (χ0v) is 16.4. The molecule has 2 aromatic carbocycles. The molecule has 2 aromatic rings. The quantitative estimate of drug-likeness (QED) is 0.779. The van der Waals surface area contributed by atoms with Gasteiger partial charge in [0, 0.05) is 12.7 Å². The van der Waals surface area contributed by atoms with Crippen LogP contribution < -0.4 is 10.1 Å². The van der Waals surface area contributed by atoms with E-state index in [2.05, 4.69) is 5.32 Å². The van der Waals surface area contributed by atoms with Gasteiger partial charge in [-0.3, -0.25) is 4.79 Å². The van der Waals surface area contributed by atoms with Crippen LogP contribution in [0.25, 0.3) is 0 Å². The molecule has 0 radical (unpaired) electrons. The monoisotopic (exact) mass is 396 g/mol. The van der Waals surface area contributed by atoms with Crippen LogP contribution in [0.5, 0.6) is 5.75 Å². The molecule has 6 nitrogen and oxygen atoms in total. The van der Waals surface area contributed by atoms with Crippen molar-refractivity contribution in [1.82, 2.24) is 4.31 Å². The molecule has 26 heavy (non-hydrogen) atoms. The largest absolute Gasteiger partial charge is 0.492 e. The van der Waals surface area contributed by atoms with Crippen LogP contribution in [-0.2, 0) is 14.8 Å². The Morgan fingerprint density at radius 3 is 2.42 bits per heavy atom. The van der Waals surface area contributed by atoms with E-state index in [0.717, 1.165) is 9.87 Å². The van der Waals surface area contributed by atoms with Crippen molar-refractivity contribution in [3.05, 3.63) is 53.1 Å². The van der Waals surface area contributed by atoms with E-state index in [4.69, 9.17) is 16.3 Å². The van der Waals surface area contributed by atoms with Gasteiger partial charge < -0.3 is 10.1 Å². The second kappa shape index (κ2) is 8.53. The van der Waals surface area contributed by atoms with Gasteiger partial charge in [-0.2, -0.15) is 4.31 Å². The normalized spacial score (nSPS) is 11.4. The molecular formula is C18H21ClN2O4S. The third-order valence-electron chi connectivity index (χ3n) is 3.61. The smallest absolute Gasteiger partial charge is 0.243 e. The zero-order valence-electron chi connectivity index (χ0n) is 14.8. The molecule has 0 aliphatic heterocycles. The van der Waals surface area contributed by atoms with E-state index in [9.17, 15) is 13.2 Å². The minimum atomic E-state index is -3.85. The van der Waals surface area contributed by atoms with Gasteiger partial charge in [0.2, 0.25) is 15.9 Å². The summed E-state index contributed by atoms with van der Waals surface area (Å²) in [4.78, 5) is 12.1. The summed E-state index contributed by atoms with van der Waals surface area (Å²) in [5.74, 6) is -0.0233. The van der Waals surface area contributed by atoms with Gasteiger partial charge in [-0.25, -0.2) is 8.42 Å². The third kappa shape index (κ3) is 4.97. The summed E-state index contributed by atoms with van der Waals surface area (Å²) in [7, 11) is -2.51. The number of benzene rings is 2. The lowest BCUT2D eigenvalue weighted by Crippen LogP contribution is -2.35. The molecule has 0 spiro atoms. The number of likely N-dealkylation sites (N-methyl/N-ethyl adjacent to an activating group) is 1. The van der Waals surface area contributed by atoms with E-state index in [0.29, 0.717) is 18.0 Å². The van der Waals surface area contributed by atoms with Crippen LogP contribution in [0.3, 0.4) is 0 Å². The maximum Gasteiger partial charge on any atom is 0.243 e. The fourth-order valence-electron chi connectivity index (χ4n) is 2.22. The number of carbonyl (C=O) groups is 1. The Bertz CT molecular complexity index is 883. The average Bonchev–Trinajstić information content (AvgIpc) is 2.58. The van der Waals surface area contributed by atoms with Gasteiger partial charge in [-0.15, -0.1) is 0 Å². The molecule has 0 unspecified atom stereocenters. The molecule has 8 heteroatoms. The van der Waals surface area contributed by atoms with Crippen LogP contribution in [0.15, 0.2) is 47.4 Å². The number of hydrogen-bond acceptors (Lipinski definition) is 4. The SMILES string of the molecule is CCOc1ccc(S(=O)(=O)N(C)CC(=O)Nc2ccc(C)cc2)cc1Cl. The lowest BCUT2D eigenvalue weighted by atomic mass is 10.2. The number of ether oxygens (including phenoxy) is 1. The van der Waals surface area contributed by atoms with Crippen molar-refractivity contribution in [3.8, 4) is 5.75 Å². The summed E-state index contributed by atoms with van der Waals surface area (Å²) in [6, 6.07) is 11.5. The number of amides is 1. The molecule has 0 aliphatic carbocycles. The van der Waals surface area contributed by atoms with Crippen LogP contribution in [0.2, 0.25) is 5.02 Å². The summed E-state index contributed by atoms with van der Waals surface area (Å²) < 4.78 is 31.5. The van der Waals surface area contributed by atoms with Gasteiger partial charge in [-0.05, 0) is 44.2 Å². The van der Waals surface area contributed by atoms with Crippen LogP contribution in [-0.4, -0.2) is 38.8 Å². The minimum Gasteiger partial charge on any atom is -0.492 e. The molecule has 2 rings (SSSR count). The first-order valence-corrected chi connectivity index (χ1v) is 9.81. The predicted octanol–water partition coefficient (Wildman–Crippen LogP) is 3.31. The molecular weight excluding hydrogens is 376 g/mol. The Hall–Kier alpha value is -2.09. The van der Waals surface area contributed by atoms with Crippen molar-refractivity contribution < 1.29 is 17.9 Å². The first kappa shape index (κ1) is 20.2. The number of halogens is 1. The highest BCUT2D eigenvalue weighted by Crippen LogP contribution is 2.28. The number of rotatable bonds is 7. The van der Waals surface area contributed by atoms with Crippen LogP contribution >= 0.6 is 11.6 Å². The molecule has 0 bridgehead atoms. The summed E-state index contributed by atoms with van der Waals surface area (Å²) in [5.41, 5.74) is 1.67. The Kier molecular flexibility index (Phi) is 6.63. The van der Waals surface area contributed by atoms with Crippen molar-refractivity contribution in [1.29, 1.82) is 0 Å². The van der Waals surface area contributed by atoms with Gasteiger partial charge in [0.05, 0.1) is 23.1 Å². The van der Waals surface area contributed by atoms with E-state index in [1.807, 2.05) is 19.1 Å². The van der Waals surface area contributed by atoms with Crippen LogP contribution in [0.4, 0.5) is 5.69 Å². The van der Waals surface area contributed by atoms with E-state index < -0.39 is 15.9 Å². The summed E-state index contributed by atoms with van der Waals surface area (Å²) >= 11 is 6.06. The maximum absolute atomic E-state index is 12.6. The molecule has 0 saturated heterocycles. The van der Waals surface area contributed by atoms with E-state index >= 15 is 0 Å². The van der Waals surface area contributed by atoms with E-state index in [1.54, 1.807) is 19.1 Å². The van der Waals surface area contributed by atoms with Crippen molar-refractivity contribution >= 4 is 33.2 Å². The maximum atomic E-state index is 12.6. The summed E-state index contributed by atoms with van der Waals surface area (Å²) in [6.45, 7) is 3.85. The molecule has 1 N–H and O–H groups in total. The van der Waals surface area contributed by atoms with Crippen LogP contribution in [0, 0.1) is 6.92 Å². The lowest BCUT2D eigenvalue weighted by Gasteiger charge is -2.17. The molecule has 140 valence electrons. The number of nitrogens with zero attached hydrogens (tertiary/aromatic N) is 1. The minimum absolute atomic E-state index is 0.00316. The number of carbonyl (C=O) groups excluding carboxylic acids is 1. The molecule has 0 saturated carbocycles. The predicted molar refractivity (Wildman–Crippen MR) is 102 cm³/mol. The van der Waals surface area contributed by atoms with Crippen LogP contribution in [0.1, 0.15) is 12.5 Å². The lowest BCUT2D eigenvalue weighted by molar-refractivity contribution is -0.116. The fourth-order valence-corrected chi connectivity index (χ4v) is 3.67. The Morgan fingerprint density at radius 2 is 1.85 bits per heavy atom. The summed E-state index contributed by atoms with van der Waals surface area (Å²) in [6.07, 6.45) is 0. The van der Waals surface area contributed by atoms with Crippen molar-refractivity contribution in [3.63, 3.8) is 0 Å². The first-order valence-electron chi connectivity index (χ1n) is 7.99. The average molecular weight is 397 g/mol. The van der Waals surface area contributed by atoms with Gasteiger partial charge in [0.1, 0.15) is 5.75 Å². The fraction of sp³-hybridized carbons (Fsp3) is 0.278. The van der Waals surface area contributed by atoms with Crippen molar-refractivity contribution in [2.75, 3.05) is 25.5 Å². The number of aryl methyl sites for hydroxylation is 1. The zero-order chi connectivity index (χ0) is 19.3. The van der Waals surface area contributed by atoms with Gasteiger partial charge in [-0.1, -0.05) is 29.3 Å². The number of sulfonamides is 1. The first-order chi connectivity index (χ1) is 12.2. The number of anilines is 1. The van der Waals surface area contributed by atoms with E-state index in [-0.39, 0.29) is 16.5 Å². The molecule has 0 aromatic heterocycles. The van der Waals surface area contributed by atoms with Gasteiger partial charge in [0.25, 0.3) is 0 Å². The number of hydrogen-bond donors (Lipinski definition) is 1. The molecule has 0 heterocycles. The van der Waals surface area contributed by atoms with Crippen molar-refractivity contribution in [2.24, 2.45) is 0 Å². The highest BCUT2D eigenvalue weighted by molar-refractivity contribution is 7.89. The molecule has 1 amide bonds. The second-order valence-corrected chi connectivity index (χ2v) is 8.15. The molecule has 0 atom stereocenters. The second-order valence-electron chi connectivity index (χ2n) is 5.70. The van der Waals surface area contributed by atoms with E-state index in [1.165, 1.54) is 25.2 Å². The highest BCUT2D eigenvalue weighted by atomic mass is 35.5. The Labute approximate surface area is 158 Å². The highest BCUT2D eigenvalue weighted by Gasteiger charge is 2.24. The molecule has 0 fully saturated rings. The topological polar surface area (TPSA) is 75.7 Å². The Balaban J connectivity index is 2.09.